The van der Waals surface area contributed by atoms with Gasteiger partial charge in [-0.2, -0.15) is 0 Å². The van der Waals surface area contributed by atoms with E-state index in [1.807, 2.05) is 0 Å². The van der Waals surface area contributed by atoms with Gasteiger partial charge in [0, 0.05) is 11.1 Å². The van der Waals surface area contributed by atoms with Gasteiger partial charge >= 0.3 is 0 Å². The summed E-state index contributed by atoms with van der Waals surface area (Å²) in [4.78, 5) is 11.2. The maximum Gasteiger partial charge on any atom is 0.177 e. The summed E-state index contributed by atoms with van der Waals surface area (Å²) in [6.45, 7) is 0.336. The minimum Gasteiger partial charge on any atom is -0.320 e. The maximum atomic E-state index is 11.2. The van der Waals surface area contributed by atoms with Crippen molar-refractivity contribution in [2.75, 3.05) is 12.4 Å². The molecule has 0 atom stereocenters. The third-order valence-corrected chi connectivity index (χ3v) is 1.91. The summed E-state index contributed by atoms with van der Waals surface area (Å²) < 4.78 is 0. The van der Waals surface area contributed by atoms with E-state index in [4.69, 9.17) is 17.3 Å². The number of benzene rings is 1. The second kappa shape index (κ2) is 5.43. The van der Waals surface area contributed by atoms with Crippen LogP contribution in [-0.4, -0.2) is 18.2 Å². The van der Waals surface area contributed by atoms with Crippen LogP contribution in [0.1, 0.15) is 15.9 Å². The van der Waals surface area contributed by atoms with Crippen molar-refractivity contribution in [1.29, 1.82) is 0 Å². The van der Waals surface area contributed by atoms with Crippen molar-refractivity contribution in [2.45, 2.75) is 0 Å². The highest BCUT2D eigenvalue weighted by Crippen LogP contribution is 2.04. The van der Waals surface area contributed by atoms with Crippen molar-refractivity contribution < 1.29 is 4.79 Å². The molecule has 0 aliphatic rings. The highest BCUT2D eigenvalue weighted by molar-refractivity contribution is 6.30. The number of ketones is 1. The largest absolute Gasteiger partial charge is 0.320 e. The molecule has 2 N–H and O–H groups in total. The normalized spacial score (nSPS) is 9.00. The van der Waals surface area contributed by atoms with Crippen LogP contribution >= 0.6 is 11.6 Å². The van der Waals surface area contributed by atoms with Crippen molar-refractivity contribution >= 4 is 17.4 Å². The van der Waals surface area contributed by atoms with Crippen LogP contribution in [-0.2, 0) is 0 Å². The molecule has 0 aromatic heterocycles. The first-order chi connectivity index (χ1) is 6.77. The van der Waals surface area contributed by atoms with Crippen LogP contribution in [0.25, 0.3) is 0 Å². The lowest BCUT2D eigenvalue weighted by Gasteiger charge is -1.96. The maximum absolute atomic E-state index is 11.2. The van der Waals surface area contributed by atoms with Crippen molar-refractivity contribution in [3.05, 3.63) is 35.4 Å². The lowest BCUT2D eigenvalue weighted by atomic mass is 10.1. The van der Waals surface area contributed by atoms with Crippen LogP contribution in [0.2, 0.25) is 0 Å². The van der Waals surface area contributed by atoms with E-state index in [-0.39, 0.29) is 11.7 Å². The molecule has 0 aliphatic carbocycles. The Balaban J connectivity index is 2.83. The zero-order chi connectivity index (χ0) is 10.4. The Morgan fingerprint density at radius 2 is 2.00 bits per heavy atom. The zero-order valence-corrected chi connectivity index (χ0v) is 8.34. The fourth-order valence-corrected chi connectivity index (χ4v) is 1.12. The van der Waals surface area contributed by atoms with E-state index >= 15 is 0 Å². The molecule has 2 nitrogen and oxygen atoms in total. The van der Waals surface area contributed by atoms with Crippen LogP contribution in [0.15, 0.2) is 24.3 Å². The molecular formula is C11H10ClNO. The number of Topliss-reactive ketones (excluding diaryl/α,β-unsaturated/α-hetero) is 1. The summed E-state index contributed by atoms with van der Waals surface area (Å²) in [5.74, 6) is 5.53. The van der Waals surface area contributed by atoms with Gasteiger partial charge in [0.15, 0.2) is 5.78 Å². The third-order valence-electron chi connectivity index (χ3n) is 1.66. The molecule has 0 saturated carbocycles. The van der Waals surface area contributed by atoms with Crippen LogP contribution in [0, 0.1) is 11.8 Å². The molecule has 72 valence electrons. The molecule has 1 aromatic carbocycles. The number of rotatable bonds is 2. The predicted molar refractivity (Wildman–Crippen MR) is 57.4 cm³/mol. The summed E-state index contributed by atoms with van der Waals surface area (Å²) >= 11 is 5.42. The van der Waals surface area contributed by atoms with Crippen molar-refractivity contribution in [3.8, 4) is 11.8 Å². The predicted octanol–water partition coefficient (Wildman–Crippen LogP) is 1.42. The summed E-state index contributed by atoms with van der Waals surface area (Å²) in [5.41, 5.74) is 6.69. The first kappa shape index (κ1) is 10.8. The molecule has 0 saturated heterocycles. The highest BCUT2D eigenvalue weighted by Gasteiger charge is 2.01. The number of hydrogen-bond donors (Lipinski definition) is 1. The van der Waals surface area contributed by atoms with E-state index in [2.05, 4.69) is 11.8 Å². The lowest BCUT2D eigenvalue weighted by molar-refractivity contribution is 0.102. The van der Waals surface area contributed by atoms with E-state index in [0.29, 0.717) is 12.1 Å². The Labute approximate surface area is 88.1 Å². The molecule has 0 aliphatic heterocycles. The van der Waals surface area contributed by atoms with Gasteiger partial charge in [-0.15, -0.1) is 11.6 Å². The van der Waals surface area contributed by atoms with Crippen molar-refractivity contribution in [2.24, 2.45) is 5.73 Å². The Kier molecular flexibility index (Phi) is 4.18. The quantitative estimate of drug-likeness (QED) is 0.453. The van der Waals surface area contributed by atoms with Gasteiger partial charge in [-0.3, -0.25) is 4.79 Å². The van der Waals surface area contributed by atoms with E-state index in [1.54, 1.807) is 24.3 Å². The Morgan fingerprint density at radius 3 is 2.50 bits per heavy atom. The van der Waals surface area contributed by atoms with Gasteiger partial charge in [0.25, 0.3) is 0 Å². The van der Waals surface area contributed by atoms with Gasteiger partial charge in [0.2, 0.25) is 0 Å². The number of carbonyl (C=O) groups is 1. The number of hydrogen-bond acceptors (Lipinski definition) is 2. The fraction of sp³-hybridized carbons (Fsp3) is 0.182. The summed E-state index contributed by atoms with van der Waals surface area (Å²) in [5, 5.41) is 0. The molecule has 1 aromatic rings. The average molecular weight is 208 g/mol. The van der Waals surface area contributed by atoms with E-state index < -0.39 is 0 Å². The molecule has 0 heterocycles. The SMILES string of the molecule is NCC#Cc1ccc(C(=O)CCl)cc1. The summed E-state index contributed by atoms with van der Waals surface area (Å²) in [6.07, 6.45) is 0. The van der Waals surface area contributed by atoms with Crippen LogP contribution in [0.5, 0.6) is 0 Å². The average Bonchev–Trinajstić information content (AvgIpc) is 2.26. The van der Waals surface area contributed by atoms with E-state index in [0.717, 1.165) is 5.56 Å². The topological polar surface area (TPSA) is 43.1 Å². The number of alkyl halides is 1. The first-order valence-electron chi connectivity index (χ1n) is 4.16. The third kappa shape index (κ3) is 2.88. The molecular weight excluding hydrogens is 198 g/mol. The first-order valence-corrected chi connectivity index (χ1v) is 4.69. The summed E-state index contributed by atoms with van der Waals surface area (Å²) in [6, 6.07) is 6.99. The summed E-state index contributed by atoms with van der Waals surface area (Å²) in [7, 11) is 0. The van der Waals surface area contributed by atoms with Gasteiger partial charge in [0.1, 0.15) is 0 Å². The molecule has 3 heteroatoms. The Morgan fingerprint density at radius 1 is 1.36 bits per heavy atom. The number of carbonyl (C=O) groups excluding carboxylic acids is 1. The van der Waals surface area contributed by atoms with Gasteiger partial charge in [0.05, 0.1) is 12.4 Å². The Hall–Kier alpha value is -1.30. The van der Waals surface area contributed by atoms with Crippen LogP contribution < -0.4 is 5.73 Å². The monoisotopic (exact) mass is 207 g/mol. The van der Waals surface area contributed by atoms with E-state index in [9.17, 15) is 4.79 Å². The van der Waals surface area contributed by atoms with Crippen molar-refractivity contribution in [1.82, 2.24) is 0 Å². The van der Waals surface area contributed by atoms with Crippen LogP contribution in [0.4, 0.5) is 0 Å². The molecule has 0 spiro atoms. The molecule has 0 radical (unpaired) electrons. The number of nitrogens with two attached hydrogens (primary N) is 1. The molecule has 14 heavy (non-hydrogen) atoms. The van der Waals surface area contributed by atoms with Crippen LogP contribution in [0.3, 0.4) is 0 Å². The van der Waals surface area contributed by atoms with Gasteiger partial charge in [-0.25, -0.2) is 0 Å². The molecule has 0 bridgehead atoms. The van der Waals surface area contributed by atoms with E-state index in [1.165, 1.54) is 0 Å². The minimum atomic E-state index is -0.0787. The second-order valence-corrected chi connectivity index (χ2v) is 2.91. The van der Waals surface area contributed by atoms with Gasteiger partial charge < -0.3 is 5.73 Å². The second-order valence-electron chi connectivity index (χ2n) is 2.64. The van der Waals surface area contributed by atoms with Gasteiger partial charge in [-0.1, -0.05) is 24.0 Å². The lowest BCUT2D eigenvalue weighted by Crippen LogP contribution is -1.99. The number of halogens is 1. The minimum absolute atomic E-state index is 0.00776. The molecule has 0 amide bonds. The molecule has 0 fully saturated rings. The van der Waals surface area contributed by atoms with Crippen molar-refractivity contribution in [3.63, 3.8) is 0 Å². The van der Waals surface area contributed by atoms with Gasteiger partial charge in [-0.05, 0) is 12.1 Å². The smallest absolute Gasteiger partial charge is 0.177 e. The molecule has 1 rings (SSSR count). The molecule has 0 unspecified atom stereocenters. The zero-order valence-electron chi connectivity index (χ0n) is 7.59. The standard InChI is InChI=1S/C11H10ClNO/c12-8-11(14)10-5-3-9(4-6-10)2-1-7-13/h3-6H,7-8,13H2. The Bertz CT molecular complexity index is 373. The highest BCUT2D eigenvalue weighted by atomic mass is 35.5. The fourth-order valence-electron chi connectivity index (χ4n) is 0.970.